The number of hydrogen-bond donors (Lipinski definition) is 1. The van der Waals surface area contributed by atoms with E-state index in [0.717, 1.165) is 36.5 Å². The summed E-state index contributed by atoms with van der Waals surface area (Å²) in [5.41, 5.74) is 1.96. The fourth-order valence-corrected chi connectivity index (χ4v) is 9.93. The van der Waals surface area contributed by atoms with Crippen LogP contribution in [0.5, 0.6) is 0 Å². The first-order valence-corrected chi connectivity index (χ1v) is 15.6. The molecule has 40 heavy (non-hydrogen) atoms. The maximum absolute atomic E-state index is 14.0. The second kappa shape index (κ2) is 9.68. The Labute approximate surface area is 236 Å². The van der Waals surface area contributed by atoms with Crippen molar-refractivity contribution in [3.8, 4) is 0 Å². The van der Waals surface area contributed by atoms with Crippen LogP contribution < -0.4 is 15.8 Å². The lowest BCUT2D eigenvalue weighted by molar-refractivity contribution is -0.135. The third-order valence-corrected chi connectivity index (χ3v) is 11.0. The van der Waals surface area contributed by atoms with Crippen molar-refractivity contribution in [3.63, 3.8) is 0 Å². The van der Waals surface area contributed by atoms with Gasteiger partial charge in [-0.15, -0.1) is 0 Å². The van der Waals surface area contributed by atoms with Gasteiger partial charge in [-0.2, -0.15) is 0 Å². The SMILES string of the molecule is Cc1nc2cccc(N3[C@H](C)CN(CCC45CC6CC(CC(C6)C4)C5)C[C@H]3C)c2c(=O)n1[C@@H]1CCC(=O)NC1=O. The highest BCUT2D eigenvalue weighted by atomic mass is 16.2. The Bertz CT molecular complexity index is 1370. The summed E-state index contributed by atoms with van der Waals surface area (Å²) >= 11 is 0. The van der Waals surface area contributed by atoms with E-state index < -0.39 is 11.9 Å². The number of benzene rings is 1. The van der Waals surface area contributed by atoms with Crippen LogP contribution in [0.15, 0.2) is 23.0 Å². The monoisotopic (exact) mass is 545 g/mol. The summed E-state index contributed by atoms with van der Waals surface area (Å²) in [6.07, 6.45) is 10.8. The van der Waals surface area contributed by atoms with Crippen molar-refractivity contribution in [1.82, 2.24) is 19.8 Å². The lowest BCUT2D eigenvalue weighted by Crippen LogP contribution is -2.58. The fraction of sp³-hybridized carbons (Fsp3) is 0.688. The fourth-order valence-electron chi connectivity index (χ4n) is 9.93. The Morgan fingerprint density at radius 2 is 1.62 bits per heavy atom. The molecule has 8 heteroatoms. The normalized spacial score (nSPS) is 35.9. The van der Waals surface area contributed by atoms with Gasteiger partial charge in [0.05, 0.1) is 16.6 Å². The van der Waals surface area contributed by atoms with Gasteiger partial charge in [0.1, 0.15) is 11.9 Å². The lowest BCUT2D eigenvalue weighted by Gasteiger charge is -2.57. The lowest BCUT2D eigenvalue weighted by atomic mass is 9.49. The number of fused-ring (bicyclic) bond motifs is 1. The molecule has 2 saturated heterocycles. The summed E-state index contributed by atoms with van der Waals surface area (Å²) < 4.78 is 1.50. The molecule has 8 rings (SSSR count). The number of piperazine rings is 1. The van der Waals surface area contributed by atoms with E-state index in [1.54, 1.807) is 6.92 Å². The molecule has 2 aromatic rings. The third kappa shape index (κ3) is 4.38. The number of aryl methyl sites for hydroxylation is 1. The Hall–Kier alpha value is -2.74. The van der Waals surface area contributed by atoms with Gasteiger partial charge in [-0.25, -0.2) is 4.98 Å². The Balaban J connectivity index is 1.13. The van der Waals surface area contributed by atoms with E-state index in [4.69, 9.17) is 4.98 Å². The highest BCUT2D eigenvalue weighted by Crippen LogP contribution is 2.61. The van der Waals surface area contributed by atoms with Crippen LogP contribution in [-0.4, -0.2) is 58.0 Å². The quantitative estimate of drug-likeness (QED) is 0.567. The predicted molar refractivity (Wildman–Crippen MR) is 155 cm³/mol. The Morgan fingerprint density at radius 1 is 0.975 bits per heavy atom. The molecule has 0 spiro atoms. The summed E-state index contributed by atoms with van der Waals surface area (Å²) in [4.78, 5) is 48.3. The number of nitrogens with zero attached hydrogens (tertiary/aromatic N) is 4. The van der Waals surface area contributed by atoms with Crippen molar-refractivity contribution >= 4 is 28.4 Å². The summed E-state index contributed by atoms with van der Waals surface area (Å²) in [5.74, 6) is 2.77. The first-order valence-electron chi connectivity index (χ1n) is 15.6. The number of aromatic nitrogens is 2. The van der Waals surface area contributed by atoms with Gasteiger partial charge >= 0.3 is 0 Å². The average Bonchev–Trinajstić information content (AvgIpc) is 2.87. The Kier molecular flexibility index (Phi) is 6.33. The van der Waals surface area contributed by atoms with E-state index >= 15 is 0 Å². The van der Waals surface area contributed by atoms with E-state index in [2.05, 4.69) is 29.0 Å². The van der Waals surface area contributed by atoms with Crippen molar-refractivity contribution in [2.75, 3.05) is 24.5 Å². The second-order valence-corrected chi connectivity index (χ2v) is 14.0. The zero-order chi connectivity index (χ0) is 27.8. The molecule has 0 unspecified atom stereocenters. The number of carbonyl (C=O) groups is 2. The second-order valence-electron chi connectivity index (χ2n) is 14.0. The maximum atomic E-state index is 14.0. The first-order chi connectivity index (χ1) is 19.2. The van der Waals surface area contributed by atoms with Gasteiger partial charge in [0.2, 0.25) is 11.8 Å². The molecule has 8 nitrogen and oxygen atoms in total. The molecule has 2 amide bonds. The number of anilines is 1. The highest BCUT2D eigenvalue weighted by Gasteiger charge is 2.50. The topological polar surface area (TPSA) is 87.5 Å². The number of hydrogen-bond acceptors (Lipinski definition) is 6. The van der Waals surface area contributed by atoms with Gasteiger partial charge in [-0.05, 0) is 114 Å². The molecule has 214 valence electrons. The van der Waals surface area contributed by atoms with E-state index in [0.29, 0.717) is 28.6 Å². The van der Waals surface area contributed by atoms with E-state index in [9.17, 15) is 14.4 Å². The van der Waals surface area contributed by atoms with Crippen LogP contribution in [0.1, 0.15) is 83.5 Å². The minimum absolute atomic E-state index is 0.198. The van der Waals surface area contributed by atoms with Crippen LogP contribution in [0.4, 0.5) is 5.69 Å². The zero-order valence-electron chi connectivity index (χ0n) is 24.2. The molecule has 4 aliphatic carbocycles. The number of carbonyl (C=O) groups excluding carboxylic acids is 2. The van der Waals surface area contributed by atoms with Crippen LogP contribution in [0, 0.1) is 30.1 Å². The van der Waals surface area contributed by atoms with E-state index in [-0.39, 0.29) is 30.0 Å². The van der Waals surface area contributed by atoms with Gasteiger partial charge in [0.25, 0.3) is 5.56 Å². The molecular weight excluding hydrogens is 502 g/mol. The van der Waals surface area contributed by atoms with Crippen LogP contribution in [0.3, 0.4) is 0 Å². The predicted octanol–water partition coefficient (Wildman–Crippen LogP) is 4.19. The summed E-state index contributed by atoms with van der Waals surface area (Å²) in [6.45, 7) is 9.44. The molecule has 0 radical (unpaired) electrons. The molecule has 1 aromatic heterocycles. The van der Waals surface area contributed by atoms with Crippen LogP contribution in [-0.2, 0) is 9.59 Å². The Morgan fingerprint density at radius 3 is 2.25 bits per heavy atom. The molecule has 4 bridgehead atoms. The highest BCUT2D eigenvalue weighted by molar-refractivity contribution is 5.99. The minimum Gasteiger partial charge on any atom is -0.363 e. The molecular formula is C32H43N5O3. The number of piperidine rings is 1. The molecule has 2 aliphatic heterocycles. The van der Waals surface area contributed by atoms with Gasteiger partial charge in [0, 0.05) is 31.6 Å². The minimum atomic E-state index is -0.716. The summed E-state index contributed by atoms with van der Waals surface area (Å²) in [7, 11) is 0. The van der Waals surface area contributed by atoms with Crippen molar-refractivity contribution in [1.29, 1.82) is 0 Å². The van der Waals surface area contributed by atoms with Crippen molar-refractivity contribution in [2.45, 2.75) is 96.7 Å². The third-order valence-electron chi connectivity index (χ3n) is 11.0. The van der Waals surface area contributed by atoms with E-state index in [1.807, 2.05) is 18.2 Å². The van der Waals surface area contributed by atoms with Gasteiger partial charge < -0.3 is 4.90 Å². The van der Waals surface area contributed by atoms with Crippen molar-refractivity contribution in [3.05, 3.63) is 34.4 Å². The number of nitrogens with one attached hydrogen (secondary N) is 1. The van der Waals surface area contributed by atoms with E-state index in [1.165, 1.54) is 56.1 Å². The largest absolute Gasteiger partial charge is 0.363 e. The van der Waals surface area contributed by atoms with Gasteiger partial charge in [-0.3, -0.25) is 29.2 Å². The van der Waals surface area contributed by atoms with Crippen LogP contribution >= 0.6 is 0 Å². The molecule has 4 saturated carbocycles. The first kappa shape index (κ1) is 26.2. The van der Waals surface area contributed by atoms with Crippen molar-refractivity contribution in [2.24, 2.45) is 23.2 Å². The van der Waals surface area contributed by atoms with Crippen LogP contribution in [0.2, 0.25) is 0 Å². The van der Waals surface area contributed by atoms with Gasteiger partial charge in [-0.1, -0.05) is 6.07 Å². The number of amides is 2. The standard InChI is InChI=1S/C32H43N5O3/c1-19-17-35(10-9-32-14-22-11-23(15-32)13-24(12-22)16-32)18-20(2)36(19)26-6-4-5-25-29(26)31(40)37(21(3)33-25)27-7-8-28(38)34-30(27)39/h4-6,19-20,22-24,27H,7-18H2,1-3H3,(H,34,38,39)/t19-,20-,22?,23?,24?,27-,32?/m1/s1. The van der Waals surface area contributed by atoms with Gasteiger partial charge in [0.15, 0.2) is 0 Å². The molecule has 3 atom stereocenters. The maximum Gasteiger partial charge on any atom is 0.264 e. The zero-order valence-corrected chi connectivity index (χ0v) is 24.2. The molecule has 6 fully saturated rings. The van der Waals surface area contributed by atoms with Crippen LogP contribution in [0.25, 0.3) is 10.9 Å². The molecule has 6 aliphatic rings. The molecule has 1 N–H and O–H groups in total. The smallest absolute Gasteiger partial charge is 0.264 e. The average molecular weight is 546 g/mol. The molecule has 1 aromatic carbocycles. The molecule has 3 heterocycles. The number of imide groups is 1. The van der Waals surface area contributed by atoms with Crippen molar-refractivity contribution < 1.29 is 9.59 Å². The summed E-state index contributed by atoms with van der Waals surface area (Å²) in [5, 5.41) is 2.97. The number of rotatable bonds is 5. The summed E-state index contributed by atoms with van der Waals surface area (Å²) in [6, 6.07) is 5.68.